The van der Waals surface area contributed by atoms with Gasteiger partial charge in [-0.2, -0.15) is 0 Å². The first-order valence-electron chi connectivity index (χ1n) is 7.94. The molecule has 1 aliphatic heterocycles. The van der Waals surface area contributed by atoms with E-state index in [1.54, 1.807) is 0 Å². The Labute approximate surface area is 132 Å². The Morgan fingerprint density at radius 1 is 1.19 bits per heavy atom. The van der Waals surface area contributed by atoms with Gasteiger partial charge < -0.3 is 4.57 Å². The van der Waals surface area contributed by atoms with E-state index in [1.807, 2.05) is 6.07 Å². The lowest BCUT2D eigenvalue weighted by atomic mass is 10.0. The van der Waals surface area contributed by atoms with Crippen molar-refractivity contribution in [3.05, 3.63) is 58.9 Å². The molecule has 2 heterocycles. The minimum Gasteiger partial charge on any atom is -0.350 e. The van der Waals surface area contributed by atoms with Crippen LogP contribution in [-0.2, 0) is 6.54 Å². The normalized spacial score (nSPS) is 19.2. The zero-order valence-corrected chi connectivity index (χ0v) is 13.4. The number of hydrogen-bond acceptors (Lipinski definition) is 1. The van der Waals surface area contributed by atoms with E-state index in [0.29, 0.717) is 6.04 Å². The maximum atomic E-state index is 6.23. The van der Waals surface area contributed by atoms with E-state index >= 15 is 0 Å². The van der Waals surface area contributed by atoms with Crippen LogP contribution in [0.5, 0.6) is 0 Å². The summed E-state index contributed by atoms with van der Waals surface area (Å²) in [4.78, 5) is 2.62. The summed E-state index contributed by atoms with van der Waals surface area (Å²) in [5, 5.41) is 0.824. The molecule has 1 aromatic carbocycles. The van der Waals surface area contributed by atoms with Gasteiger partial charge in [0.1, 0.15) is 0 Å². The van der Waals surface area contributed by atoms with Crippen molar-refractivity contribution in [3.63, 3.8) is 0 Å². The van der Waals surface area contributed by atoms with Crippen molar-refractivity contribution in [2.45, 2.75) is 38.8 Å². The molecule has 0 saturated heterocycles. The molecule has 112 valence electrons. The molecule has 3 rings (SSSR count). The zero-order chi connectivity index (χ0) is 14.7. The topological polar surface area (TPSA) is 8.17 Å². The van der Waals surface area contributed by atoms with Gasteiger partial charge in [-0.05, 0) is 49.2 Å². The lowest BCUT2D eigenvalue weighted by Crippen LogP contribution is -2.30. The lowest BCUT2D eigenvalue weighted by molar-refractivity contribution is 0.226. The first-order valence-corrected chi connectivity index (χ1v) is 8.32. The second-order valence-electron chi connectivity index (χ2n) is 5.83. The van der Waals surface area contributed by atoms with E-state index in [4.69, 9.17) is 11.6 Å². The molecule has 0 saturated carbocycles. The average Bonchev–Trinajstić information content (AvgIpc) is 2.86. The highest BCUT2D eigenvalue weighted by molar-refractivity contribution is 6.30. The van der Waals surface area contributed by atoms with Gasteiger partial charge in [-0.1, -0.05) is 37.1 Å². The Morgan fingerprint density at radius 2 is 2.10 bits per heavy atom. The number of nitrogens with zero attached hydrogens (tertiary/aromatic N) is 2. The Morgan fingerprint density at radius 3 is 2.90 bits per heavy atom. The van der Waals surface area contributed by atoms with Crippen LogP contribution in [-0.4, -0.2) is 22.6 Å². The average molecular weight is 303 g/mol. The summed E-state index contributed by atoms with van der Waals surface area (Å²) in [6, 6.07) is 13.1. The van der Waals surface area contributed by atoms with Crippen LogP contribution < -0.4 is 0 Å². The second-order valence-corrected chi connectivity index (χ2v) is 6.26. The van der Waals surface area contributed by atoms with Crippen LogP contribution in [0.15, 0.2) is 42.6 Å². The summed E-state index contributed by atoms with van der Waals surface area (Å²) in [5.74, 6) is 0. The largest absolute Gasteiger partial charge is 0.350 e. The molecule has 1 unspecified atom stereocenters. The number of aromatic nitrogens is 1. The number of halogens is 1. The van der Waals surface area contributed by atoms with Crippen LogP contribution in [0.3, 0.4) is 0 Å². The maximum absolute atomic E-state index is 6.23. The van der Waals surface area contributed by atoms with Crippen LogP contribution in [0.1, 0.15) is 43.5 Å². The van der Waals surface area contributed by atoms with Gasteiger partial charge in [0.05, 0.1) is 6.04 Å². The summed E-state index contributed by atoms with van der Waals surface area (Å²) >= 11 is 6.23. The van der Waals surface area contributed by atoms with Crippen molar-refractivity contribution in [1.82, 2.24) is 9.47 Å². The fraction of sp³-hybridized carbons (Fsp3) is 0.444. The standard InChI is InChI=1S/C18H23ClN2/c1-2-3-10-21-13-6-12-20-11-5-9-17(20)18(21)15-7-4-8-16(19)14-15/h4-5,7-9,11,14,18H,2-3,6,10,12-13H2,1H3. The highest BCUT2D eigenvalue weighted by atomic mass is 35.5. The van der Waals surface area contributed by atoms with Crippen LogP contribution in [0.4, 0.5) is 0 Å². The molecule has 0 aliphatic carbocycles. The minimum absolute atomic E-state index is 0.327. The third-order valence-corrected chi connectivity index (χ3v) is 4.55. The lowest BCUT2D eigenvalue weighted by Gasteiger charge is -2.30. The van der Waals surface area contributed by atoms with E-state index in [9.17, 15) is 0 Å². The summed E-state index contributed by atoms with van der Waals surface area (Å²) in [7, 11) is 0. The predicted octanol–water partition coefficient (Wildman–Crippen LogP) is 4.74. The van der Waals surface area contributed by atoms with Crippen LogP contribution in [0.25, 0.3) is 0 Å². The van der Waals surface area contributed by atoms with E-state index in [1.165, 1.54) is 30.5 Å². The van der Waals surface area contributed by atoms with Crippen molar-refractivity contribution in [3.8, 4) is 0 Å². The van der Waals surface area contributed by atoms with Crippen molar-refractivity contribution < 1.29 is 0 Å². The van der Waals surface area contributed by atoms with Gasteiger partial charge >= 0.3 is 0 Å². The molecule has 3 heteroatoms. The van der Waals surface area contributed by atoms with Crippen molar-refractivity contribution in [2.24, 2.45) is 0 Å². The Kier molecular flexibility index (Phi) is 4.67. The Hall–Kier alpha value is -1.25. The molecule has 1 aliphatic rings. The molecule has 0 fully saturated rings. The highest BCUT2D eigenvalue weighted by Gasteiger charge is 2.26. The molecule has 0 radical (unpaired) electrons. The Bertz CT molecular complexity index is 590. The van der Waals surface area contributed by atoms with Crippen molar-refractivity contribution >= 4 is 11.6 Å². The fourth-order valence-electron chi connectivity index (χ4n) is 3.30. The van der Waals surface area contributed by atoms with E-state index < -0.39 is 0 Å². The van der Waals surface area contributed by atoms with Crippen molar-refractivity contribution in [2.75, 3.05) is 13.1 Å². The molecule has 0 amide bonds. The van der Waals surface area contributed by atoms with Gasteiger partial charge in [0.15, 0.2) is 0 Å². The van der Waals surface area contributed by atoms with Crippen LogP contribution in [0, 0.1) is 0 Å². The number of unbranched alkanes of at least 4 members (excludes halogenated alkanes) is 1. The van der Waals surface area contributed by atoms with Gasteiger partial charge in [-0.15, -0.1) is 0 Å². The third kappa shape index (κ3) is 3.17. The molecular formula is C18H23ClN2. The van der Waals surface area contributed by atoms with Crippen molar-refractivity contribution in [1.29, 1.82) is 0 Å². The molecule has 0 N–H and O–H groups in total. The predicted molar refractivity (Wildman–Crippen MR) is 88.8 cm³/mol. The molecule has 1 aromatic heterocycles. The molecule has 21 heavy (non-hydrogen) atoms. The molecule has 0 spiro atoms. The zero-order valence-electron chi connectivity index (χ0n) is 12.6. The molecule has 1 atom stereocenters. The van der Waals surface area contributed by atoms with Gasteiger partial charge in [0, 0.05) is 30.0 Å². The molecule has 2 nitrogen and oxygen atoms in total. The minimum atomic E-state index is 0.327. The quantitative estimate of drug-likeness (QED) is 0.792. The Balaban J connectivity index is 2.00. The van der Waals surface area contributed by atoms with Gasteiger partial charge in [0.25, 0.3) is 0 Å². The maximum Gasteiger partial charge on any atom is 0.0756 e. The number of benzene rings is 1. The number of rotatable bonds is 4. The van der Waals surface area contributed by atoms with E-state index in [-0.39, 0.29) is 0 Å². The number of fused-ring (bicyclic) bond motifs is 1. The summed E-state index contributed by atoms with van der Waals surface area (Å²) < 4.78 is 2.40. The highest BCUT2D eigenvalue weighted by Crippen LogP contribution is 2.33. The first-order chi connectivity index (χ1) is 10.3. The van der Waals surface area contributed by atoms with Crippen LogP contribution >= 0.6 is 11.6 Å². The van der Waals surface area contributed by atoms with E-state index in [2.05, 4.69) is 52.9 Å². The SMILES string of the molecule is CCCCN1CCCn2cccc2C1c1cccc(Cl)c1. The third-order valence-electron chi connectivity index (χ3n) is 4.32. The molecule has 0 bridgehead atoms. The second kappa shape index (κ2) is 6.67. The summed E-state index contributed by atoms with van der Waals surface area (Å²) in [6.07, 6.45) is 5.90. The summed E-state index contributed by atoms with van der Waals surface area (Å²) in [5.41, 5.74) is 2.70. The monoisotopic (exact) mass is 302 g/mol. The van der Waals surface area contributed by atoms with E-state index in [0.717, 1.165) is 24.7 Å². The van der Waals surface area contributed by atoms with Gasteiger partial charge in [-0.3, -0.25) is 4.90 Å². The number of hydrogen-bond donors (Lipinski definition) is 0. The van der Waals surface area contributed by atoms with Gasteiger partial charge in [-0.25, -0.2) is 0 Å². The first kappa shape index (κ1) is 14.7. The number of aryl methyl sites for hydroxylation is 1. The fourth-order valence-corrected chi connectivity index (χ4v) is 3.50. The smallest absolute Gasteiger partial charge is 0.0756 e. The molecule has 2 aromatic rings. The molecular weight excluding hydrogens is 280 g/mol. The van der Waals surface area contributed by atoms with Crippen LogP contribution in [0.2, 0.25) is 5.02 Å². The van der Waals surface area contributed by atoms with Gasteiger partial charge in [0.2, 0.25) is 0 Å². The summed E-state index contributed by atoms with van der Waals surface area (Å²) in [6.45, 7) is 5.68.